The maximum absolute atomic E-state index is 12.8. The normalized spacial score (nSPS) is 23.8. The number of piperazine rings is 1. The van der Waals surface area contributed by atoms with Gasteiger partial charge in [-0.15, -0.1) is 0 Å². The number of hydrogen-bond donors (Lipinski definition) is 0. The van der Waals surface area contributed by atoms with Gasteiger partial charge in [0.15, 0.2) is 0 Å². The zero-order valence-electron chi connectivity index (χ0n) is 14.8. The molecule has 2 rings (SSSR count). The lowest BCUT2D eigenvalue weighted by Crippen LogP contribution is -2.58. The average molecular weight is 375 g/mol. The first kappa shape index (κ1) is 19.6. The molecule has 1 aromatic heterocycles. The van der Waals surface area contributed by atoms with Crippen molar-refractivity contribution in [2.24, 2.45) is 0 Å². The van der Waals surface area contributed by atoms with E-state index in [4.69, 9.17) is 11.6 Å². The van der Waals surface area contributed by atoms with Gasteiger partial charge >= 0.3 is 0 Å². The molecule has 0 aromatic carbocycles. The number of sulfonamides is 1. The smallest absolute Gasteiger partial charge is 0.244 e. The molecule has 1 aromatic rings. The molecule has 8 heteroatoms. The van der Waals surface area contributed by atoms with Crippen molar-refractivity contribution in [2.45, 2.75) is 37.2 Å². The highest BCUT2D eigenvalue weighted by Gasteiger charge is 2.35. The third kappa shape index (κ3) is 4.67. The van der Waals surface area contributed by atoms with Crippen LogP contribution in [0, 0.1) is 0 Å². The topological polar surface area (TPSA) is 56.8 Å². The summed E-state index contributed by atoms with van der Waals surface area (Å²) >= 11 is 5.75. The summed E-state index contributed by atoms with van der Waals surface area (Å²) in [5, 5.41) is 0.293. The van der Waals surface area contributed by atoms with Crippen LogP contribution in [0.2, 0.25) is 5.15 Å². The van der Waals surface area contributed by atoms with E-state index in [9.17, 15) is 8.42 Å². The van der Waals surface area contributed by atoms with Gasteiger partial charge in [0.25, 0.3) is 0 Å². The molecule has 1 aliphatic heterocycles. The van der Waals surface area contributed by atoms with Gasteiger partial charge in [-0.1, -0.05) is 11.6 Å². The van der Waals surface area contributed by atoms with Gasteiger partial charge < -0.3 is 4.90 Å². The molecule has 1 aliphatic rings. The molecule has 0 amide bonds. The van der Waals surface area contributed by atoms with Crippen LogP contribution in [0.1, 0.15) is 20.3 Å². The fourth-order valence-electron chi connectivity index (χ4n) is 3.18. The Hall–Kier alpha value is -0.730. The van der Waals surface area contributed by atoms with Gasteiger partial charge in [0, 0.05) is 37.9 Å². The van der Waals surface area contributed by atoms with Crippen LogP contribution in [-0.2, 0) is 10.0 Å². The first-order chi connectivity index (χ1) is 11.2. The first-order valence-electron chi connectivity index (χ1n) is 8.24. The fourth-order valence-corrected chi connectivity index (χ4v) is 4.84. The van der Waals surface area contributed by atoms with Gasteiger partial charge in [0.1, 0.15) is 10.0 Å². The predicted octanol–water partition coefficient (Wildman–Crippen LogP) is 1.77. The predicted molar refractivity (Wildman–Crippen MR) is 96.8 cm³/mol. The number of aromatic nitrogens is 1. The lowest BCUT2D eigenvalue weighted by Gasteiger charge is -2.43. The summed E-state index contributed by atoms with van der Waals surface area (Å²) < 4.78 is 27.2. The summed E-state index contributed by atoms with van der Waals surface area (Å²) in [5.41, 5.74) is 0. The third-order valence-corrected chi connectivity index (χ3v) is 6.47. The summed E-state index contributed by atoms with van der Waals surface area (Å²) in [6.45, 7) is 7.20. The minimum atomic E-state index is -3.52. The van der Waals surface area contributed by atoms with E-state index in [1.165, 1.54) is 18.3 Å². The highest BCUT2D eigenvalue weighted by Crippen LogP contribution is 2.23. The minimum Gasteiger partial charge on any atom is -0.309 e. The minimum absolute atomic E-state index is 0.186. The Labute approximate surface area is 150 Å². The van der Waals surface area contributed by atoms with Crippen molar-refractivity contribution in [1.82, 2.24) is 19.1 Å². The monoisotopic (exact) mass is 374 g/mol. The van der Waals surface area contributed by atoms with E-state index in [1.807, 2.05) is 0 Å². The van der Waals surface area contributed by atoms with Gasteiger partial charge in [0.05, 0.1) is 0 Å². The Bertz CT molecular complexity index is 624. The fraction of sp³-hybridized carbons (Fsp3) is 0.688. The molecule has 1 saturated heterocycles. The molecule has 0 bridgehead atoms. The van der Waals surface area contributed by atoms with Crippen molar-refractivity contribution >= 4 is 21.6 Å². The Morgan fingerprint density at radius 2 is 1.88 bits per heavy atom. The molecule has 2 heterocycles. The SMILES string of the molecule is CC1CN(S(=O)(=O)c2ccc(Cl)nc2)CC(C)N1CCCN(C)C. The Morgan fingerprint density at radius 1 is 1.25 bits per heavy atom. The molecule has 1 fully saturated rings. The summed E-state index contributed by atoms with van der Waals surface area (Å²) in [4.78, 5) is 8.66. The zero-order chi connectivity index (χ0) is 17.9. The quantitative estimate of drug-likeness (QED) is 0.710. The first-order valence-corrected chi connectivity index (χ1v) is 10.1. The molecule has 2 unspecified atom stereocenters. The second kappa shape index (κ2) is 8.10. The lowest BCUT2D eigenvalue weighted by molar-refractivity contribution is 0.0740. The van der Waals surface area contributed by atoms with Crippen LogP contribution in [0.3, 0.4) is 0 Å². The van der Waals surface area contributed by atoms with Crippen molar-refractivity contribution in [1.29, 1.82) is 0 Å². The number of pyridine rings is 1. The van der Waals surface area contributed by atoms with Gasteiger partial charge in [-0.3, -0.25) is 4.90 Å². The number of halogens is 1. The molecule has 6 nitrogen and oxygen atoms in total. The van der Waals surface area contributed by atoms with Crippen LogP contribution in [-0.4, -0.2) is 79.9 Å². The zero-order valence-corrected chi connectivity index (χ0v) is 16.4. The summed E-state index contributed by atoms with van der Waals surface area (Å²) in [6.07, 6.45) is 2.41. The molecule has 0 aliphatic carbocycles. The Balaban J connectivity index is 2.06. The van der Waals surface area contributed by atoms with Gasteiger partial charge in [-0.25, -0.2) is 13.4 Å². The van der Waals surface area contributed by atoms with E-state index < -0.39 is 10.0 Å². The molecule has 136 valence electrons. The number of nitrogens with zero attached hydrogens (tertiary/aromatic N) is 4. The summed E-state index contributed by atoms with van der Waals surface area (Å²) in [5.74, 6) is 0. The van der Waals surface area contributed by atoms with Crippen LogP contribution >= 0.6 is 11.6 Å². The van der Waals surface area contributed by atoms with Crippen LogP contribution in [0.15, 0.2) is 23.2 Å². The molecular weight excluding hydrogens is 348 g/mol. The third-order valence-electron chi connectivity index (χ3n) is 4.43. The van der Waals surface area contributed by atoms with Gasteiger partial charge in [0.2, 0.25) is 10.0 Å². The van der Waals surface area contributed by atoms with E-state index >= 15 is 0 Å². The summed E-state index contributed by atoms with van der Waals surface area (Å²) in [7, 11) is 0.609. The van der Waals surface area contributed by atoms with Gasteiger partial charge in [-0.05, 0) is 53.0 Å². The summed E-state index contributed by atoms with van der Waals surface area (Å²) in [6, 6.07) is 3.40. The average Bonchev–Trinajstić information content (AvgIpc) is 2.50. The highest BCUT2D eigenvalue weighted by molar-refractivity contribution is 7.89. The lowest BCUT2D eigenvalue weighted by atomic mass is 10.1. The molecule has 0 saturated carbocycles. The maximum atomic E-state index is 12.8. The van der Waals surface area contributed by atoms with Crippen molar-refractivity contribution in [3.8, 4) is 0 Å². The molecule has 0 N–H and O–H groups in total. The van der Waals surface area contributed by atoms with Crippen LogP contribution in [0.5, 0.6) is 0 Å². The molecular formula is C16H27ClN4O2S. The van der Waals surface area contributed by atoms with E-state index in [2.05, 4.69) is 42.7 Å². The number of rotatable bonds is 6. The second-order valence-corrected chi connectivity index (χ2v) is 9.06. The number of hydrogen-bond acceptors (Lipinski definition) is 5. The Kier molecular flexibility index (Phi) is 6.61. The second-order valence-electron chi connectivity index (χ2n) is 6.73. The molecule has 0 radical (unpaired) electrons. The van der Waals surface area contributed by atoms with Gasteiger partial charge in [-0.2, -0.15) is 4.31 Å². The van der Waals surface area contributed by atoms with E-state index in [0.29, 0.717) is 18.2 Å². The van der Waals surface area contributed by atoms with E-state index in [0.717, 1.165) is 19.5 Å². The maximum Gasteiger partial charge on any atom is 0.244 e. The molecule has 2 atom stereocenters. The van der Waals surface area contributed by atoms with Crippen molar-refractivity contribution in [3.05, 3.63) is 23.5 Å². The van der Waals surface area contributed by atoms with Crippen LogP contribution in [0.25, 0.3) is 0 Å². The van der Waals surface area contributed by atoms with Crippen molar-refractivity contribution in [2.75, 3.05) is 40.3 Å². The highest BCUT2D eigenvalue weighted by atomic mass is 35.5. The molecule has 24 heavy (non-hydrogen) atoms. The standard InChI is InChI=1S/C16H27ClN4O2S/c1-13-11-20(12-14(2)21(13)9-5-8-19(3)4)24(22,23)15-6-7-16(17)18-10-15/h6-7,10,13-14H,5,8-9,11-12H2,1-4H3. The van der Waals surface area contributed by atoms with Crippen molar-refractivity contribution < 1.29 is 8.42 Å². The van der Waals surface area contributed by atoms with E-state index in [-0.39, 0.29) is 17.0 Å². The Morgan fingerprint density at radius 3 is 2.38 bits per heavy atom. The van der Waals surface area contributed by atoms with Crippen LogP contribution < -0.4 is 0 Å². The largest absolute Gasteiger partial charge is 0.309 e. The van der Waals surface area contributed by atoms with Crippen LogP contribution in [0.4, 0.5) is 0 Å². The van der Waals surface area contributed by atoms with E-state index in [1.54, 1.807) is 4.31 Å². The molecule has 0 spiro atoms. The van der Waals surface area contributed by atoms with Crippen molar-refractivity contribution in [3.63, 3.8) is 0 Å².